The van der Waals surface area contributed by atoms with E-state index in [4.69, 9.17) is 0 Å². The van der Waals surface area contributed by atoms with Crippen LogP contribution in [-0.4, -0.2) is 36.5 Å². The molecule has 0 radical (unpaired) electrons. The van der Waals surface area contributed by atoms with E-state index in [0.717, 1.165) is 0 Å². The Morgan fingerprint density at radius 2 is 1.85 bits per heavy atom. The molecule has 0 N–H and O–H groups in total. The van der Waals surface area contributed by atoms with Gasteiger partial charge in [0.05, 0.1) is 6.42 Å². The van der Waals surface area contributed by atoms with Gasteiger partial charge in [-0.3, -0.25) is 9.69 Å². The third kappa shape index (κ3) is 4.26. The topological polar surface area (TPSA) is 20.3 Å². The summed E-state index contributed by atoms with van der Waals surface area (Å²) in [5.74, 6) is -3.55. The summed E-state index contributed by atoms with van der Waals surface area (Å²) in [7, 11) is 0. The van der Waals surface area contributed by atoms with Crippen molar-refractivity contribution in [3.8, 4) is 0 Å². The van der Waals surface area contributed by atoms with E-state index < -0.39 is 24.9 Å². The average Bonchev–Trinajstić information content (AvgIpc) is 2.06. The molecule has 0 saturated heterocycles. The van der Waals surface area contributed by atoms with Gasteiger partial charge in [0, 0.05) is 0 Å². The molecule has 0 spiro atoms. The Hall–Kier alpha value is -0.580. The van der Waals surface area contributed by atoms with E-state index in [1.165, 1.54) is 4.90 Å². The summed E-state index contributed by atoms with van der Waals surface area (Å²) in [5.41, 5.74) is 0. The lowest BCUT2D eigenvalue weighted by atomic mass is 10.2. The van der Waals surface area contributed by atoms with Crippen molar-refractivity contribution in [3.05, 3.63) is 0 Å². The van der Waals surface area contributed by atoms with Crippen molar-refractivity contribution in [2.45, 2.75) is 32.5 Å². The number of alkyl halides is 3. The first kappa shape index (κ1) is 12.4. The summed E-state index contributed by atoms with van der Waals surface area (Å²) in [6.07, 6.45) is -3.32. The maximum atomic E-state index is 13.0. The highest BCUT2D eigenvalue weighted by Gasteiger charge is 2.34. The zero-order valence-electron chi connectivity index (χ0n) is 7.77. The van der Waals surface area contributed by atoms with Crippen LogP contribution in [0.3, 0.4) is 0 Å². The van der Waals surface area contributed by atoms with E-state index in [1.54, 1.807) is 13.8 Å². The summed E-state index contributed by atoms with van der Waals surface area (Å²) in [6, 6.07) is 0. The molecule has 0 aliphatic rings. The summed E-state index contributed by atoms with van der Waals surface area (Å²) in [4.78, 5) is 11.1. The van der Waals surface area contributed by atoms with Crippen LogP contribution in [0.5, 0.6) is 0 Å². The second-order valence-corrected chi connectivity index (χ2v) is 2.74. The molecule has 13 heavy (non-hydrogen) atoms. The number of nitrogens with zero attached hydrogens (tertiary/aromatic N) is 1. The molecule has 0 fully saturated rings. The molecule has 0 aromatic heterocycles. The molecular formula is C8H14F3NO. The summed E-state index contributed by atoms with van der Waals surface area (Å²) in [6.45, 7) is 4.06. The SMILES string of the molecule is CCN(CC)C(F)CC(F)(F)C=O. The molecule has 5 heteroatoms. The van der Waals surface area contributed by atoms with Gasteiger partial charge in [-0.05, 0) is 13.1 Å². The van der Waals surface area contributed by atoms with Crippen LogP contribution in [0, 0.1) is 0 Å². The molecule has 0 saturated carbocycles. The van der Waals surface area contributed by atoms with Crippen LogP contribution < -0.4 is 0 Å². The fourth-order valence-corrected chi connectivity index (χ4v) is 1.02. The van der Waals surface area contributed by atoms with E-state index in [0.29, 0.717) is 13.1 Å². The van der Waals surface area contributed by atoms with Gasteiger partial charge in [0.25, 0.3) is 0 Å². The van der Waals surface area contributed by atoms with Crippen LogP contribution in [0.1, 0.15) is 20.3 Å². The Labute approximate surface area is 75.7 Å². The van der Waals surface area contributed by atoms with Crippen molar-refractivity contribution >= 4 is 6.29 Å². The lowest BCUT2D eigenvalue weighted by Crippen LogP contribution is -2.37. The van der Waals surface area contributed by atoms with Crippen molar-refractivity contribution in [2.24, 2.45) is 0 Å². The average molecular weight is 197 g/mol. The smallest absolute Gasteiger partial charge is 0.297 e. The van der Waals surface area contributed by atoms with Gasteiger partial charge in [0.1, 0.15) is 0 Å². The predicted molar refractivity (Wildman–Crippen MR) is 43.4 cm³/mol. The van der Waals surface area contributed by atoms with E-state index >= 15 is 0 Å². The van der Waals surface area contributed by atoms with Gasteiger partial charge in [0.15, 0.2) is 12.6 Å². The van der Waals surface area contributed by atoms with Crippen LogP contribution in [0.25, 0.3) is 0 Å². The molecule has 0 aromatic carbocycles. The highest BCUT2D eigenvalue weighted by molar-refractivity contribution is 5.59. The first-order chi connectivity index (χ1) is 5.96. The van der Waals surface area contributed by atoms with E-state index in [9.17, 15) is 18.0 Å². The van der Waals surface area contributed by atoms with Gasteiger partial charge in [0.2, 0.25) is 0 Å². The maximum Gasteiger partial charge on any atom is 0.306 e. The molecule has 0 rings (SSSR count). The van der Waals surface area contributed by atoms with Crippen molar-refractivity contribution in [3.63, 3.8) is 0 Å². The number of hydrogen-bond acceptors (Lipinski definition) is 2. The van der Waals surface area contributed by atoms with Gasteiger partial charge in [-0.1, -0.05) is 13.8 Å². The quantitative estimate of drug-likeness (QED) is 0.478. The molecule has 0 aliphatic carbocycles. The Morgan fingerprint density at radius 1 is 1.38 bits per heavy atom. The van der Waals surface area contributed by atoms with Gasteiger partial charge in [-0.2, -0.15) is 8.78 Å². The maximum absolute atomic E-state index is 13.0. The molecule has 0 amide bonds. The standard InChI is InChI=1S/C8H14F3NO/c1-3-12(4-2)7(9)5-8(10,11)6-13/h6-7H,3-5H2,1-2H3. The first-order valence-electron chi connectivity index (χ1n) is 4.19. The molecule has 0 aliphatic heterocycles. The minimum Gasteiger partial charge on any atom is -0.297 e. The number of aldehydes is 1. The summed E-state index contributed by atoms with van der Waals surface area (Å²) >= 11 is 0. The number of hydrogen-bond donors (Lipinski definition) is 0. The van der Waals surface area contributed by atoms with Crippen LogP contribution >= 0.6 is 0 Å². The van der Waals surface area contributed by atoms with Gasteiger partial charge >= 0.3 is 5.92 Å². The number of carbonyl (C=O) groups is 1. The minimum absolute atomic E-state index is 0.354. The van der Waals surface area contributed by atoms with Crippen LogP contribution in [-0.2, 0) is 4.79 Å². The third-order valence-corrected chi connectivity index (χ3v) is 1.82. The first-order valence-corrected chi connectivity index (χ1v) is 4.19. The van der Waals surface area contributed by atoms with E-state index in [-0.39, 0.29) is 0 Å². The predicted octanol–water partition coefficient (Wildman–Crippen LogP) is 1.85. The van der Waals surface area contributed by atoms with Crippen LogP contribution in [0.2, 0.25) is 0 Å². The largest absolute Gasteiger partial charge is 0.306 e. The summed E-state index contributed by atoms with van der Waals surface area (Å²) < 4.78 is 37.8. The van der Waals surface area contributed by atoms with Crippen molar-refractivity contribution in [1.29, 1.82) is 0 Å². The number of halogens is 3. The van der Waals surface area contributed by atoms with Crippen molar-refractivity contribution in [2.75, 3.05) is 13.1 Å². The molecule has 2 nitrogen and oxygen atoms in total. The second-order valence-electron chi connectivity index (χ2n) is 2.74. The monoisotopic (exact) mass is 197 g/mol. The van der Waals surface area contributed by atoms with Crippen molar-refractivity contribution in [1.82, 2.24) is 4.90 Å². The normalized spacial score (nSPS) is 14.6. The molecule has 0 bridgehead atoms. The Balaban J connectivity index is 4.11. The zero-order valence-corrected chi connectivity index (χ0v) is 7.77. The molecular weight excluding hydrogens is 183 g/mol. The lowest BCUT2D eigenvalue weighted by molar-refractivity contribution is -0.135. The third-order valence-electron chi connectivity index (χ3n) is 1.82. The zero-order chi connectivity index (χ0) is 10.5. The molecule has 78 valence electrons. The lowest BCUT2D eigenvalue weighted by Gasteiger charge is -2.24. The van der Waals surface area contributed by atoms with Crippen molar-refractivity contribution < 1.29 is 18.0 Å². The number of rotatable bonds is 6. The molecule has 0 aromatic rings. The van der Waals surface area contributed by atoms with E-state index in [2.05, 4.69) is 0 Å². The second kappa shape index (κ2) is 5.21. The highest BCUT2D eigenvalue weighted by Crippen LogP contribution is 2.20. The Morgan fingerprint density at radius 3 is 2.15 bits per heavy atom. The van der Waals surface area contributed by atoms with E-state index in [1.807, 2.05) is 0 Å². The fraction of sp³-hybridized carbons (Fsp3) is 0.875. The molecule has 0 heterocycles. The van der Waals surface area contributed by atoms with Gasteiger partial charge in [-0.25, -0.2) is 4.39 Å². The van der Waals surface area contributed by atoms with Crippen LogP contribution in [0.4, 0.5) is 13.2 Å². The Bertz CT molecular complexity index is 159. The van der Waals surface area contributed by atoms with Gasteiger partial charge < -0.3 is 0 Å². The van der Waals surface area contributed by atoms with Crippen LogP contribution in [0.15, 0.2) is 0 Å². The van der Waals surface area contributed by atoms with Gasteiger partial charge in [-0.15, -0.1) is 0 Å². The minimum atomic E-state index is -3.55. The molecule has 1 atom stereocenters. The Kier molecular flexibility index (Phi) is 4.98. The highest BCUT2D eigenvalue weighted by atomic mass is 19.3. The molecule has 1 unspecified atom stereocenters. The number of carbonyl (C=O) groups excluding carboxylic acids is 1. The fourth-order valence-electron chi connectivity index (χ4n) is 1.02. The summed E-state index contributed by atoms with van der Waals surface area (Å²) in [5, 5.41) is 0.